The Morgan fingerprint density at radius 2 is 1.67 bits per heavy atom. The quantitative estimate of drug-likeness (QED) is 0.420. The van der Waals surface area contributed by atoms with Crippen LogP contribution >= 0.6 is 0 Å². The van der Waals surface area contributed by atoms with Crippen molar-refractivity contribution in [1.82, 2.24) is 0 Å². The number of fused-ring (bicyclic) bond motifs is 5. The SMILES string of the molecule is CC(=O)O[C@H]1CC[C@@]2(C)[C@@H](CC[C@@H]3[C@@H]2CC[C@]2(C)[C@@H]([C@H](C)CC[C@@](C)(O)C(C)C)CC[C@@H]32)C1. The lowest BCUT2D eigenvalue weighted by Gasteiger charge is -2.61. The van der Waals surface area contributed by atoms with Gasteiger partial charge in [0.2, 0.25) is 0 Å². The molecule has 0 bridgehead atoms. The van der Waals surface area contributed by atoms with E-state index in [9.17, 15) is 9.90 Å². The lowest BCUT2D eigenvalue weighted by atomic mass is 9.44. The van der Waals surface area contributed by atoms with Crippen molar-refractivity contribution < 1.29 is 14.6 Å². The van der Waals surface area contributed by atoms with Crippen LogP contribution in [0.15, 0.2) is 0 Å². The first-order chi connectivity index (χ1) is 15.4. The minimum atomic E-state index is -0.539. The first kappa shape index (κ1) is 25.5. The van der Waals surface area contributed by atoms with Crippen molar-refractivity contribution in [1.29, 1.82) is 0 Å². The first-order valence-electron chi connectivity index (χ1n) is 14.3. The summed E-state index contributed by atoms with van der Waals surface area (Å²) >= 11 is 0. The molecule has 0 aliphatic heterocycles. The molecule has 0 radical (unpaired) electrons. The van der Waals surface area contributed by atoms with Crippen molar-refractivity contribution in [2.75, 3.05) is 0 Å². The third-order valence-electron chi connectivity index (χ3n) is 12.1. The molecular formula is C30H52O3. The molecule has 0 spiro atoms. The second-order valence-electron chi connectivity index (χ2n) is 13.9. The van der Waals surface area contributed by atoms with Gasteiger partial charge >= 0.3 is 5.97 Å². The summed E-state index contributed by atoms with van der Waals surface area (Å²) in [6.07, 6.45) is 14.0. The Balaban J connectivity index is 1.44. The molecule has 190 valence electrons. The minimum absolute atomic E-state index is 0.105. The van der Waals surface area contributed by atoms with E-state index in [4.69, 9.17) is 4.74 Å². The standard InChI is InChI=1S/C30H52O3/c1-19(2)30(7,32)17-12-20(3)25-10-11-26-24-9-8-22-18-23(33-21(4)31)13-15-28(22,5)27(24)14-16-29(25,26)6/h19-20,22-27,32H,8-18H2,1-7H3/t20-,22+,23+,24+,25-,26+,27+,28+,29-,30-/m1/s1. The van der Waals surface area contributed by atoms with Crippen molar-refractivity contribution in [3.8, 4) is 0 Å². The highest BCUT2D eigenvalue weighted by Gasteiger charge is 2.60. The van der Waals surface area contributed by atoms with Crippen molar-refractivity contribution in [3.63, 3.8) is 0 Å². The fourth-order valence-electron chi connectivity index (χ4n) is 9.55. The van der Waals surface area contributed by atoms with E-state index in [0.29, 0.717) is 22.7 Å². The number of carbonyl (C=O) groups is 1. The van der Waals surface area contributed by atoms with Gasteiger partial charge in [-0.3, -0.25) is 4.79 Å². The van der Waals surface area contributed by atoms with E-state index in [1.54, 1.807) is 6.92 Å². The maximum absolute atomic E-state index is 11.5. The van der Waals surface area contributed by atoms with Crippen LogP contribution in [0.5, 0.6) is 0 Å². The molecule has 3 nitrogen and oxygen atoms in total. The van der Waals surface area contributed by atoms with Gasteiger partial charge < -0.3 is 9.84 Å². The minimum Gasteiger partial charge on any atom is -0.463 e. The summed E-state index contributed by atoms with van der Waals surface area (Å²) in [7, 11) is 0. The molecule has 0 heterocycles. The van der Waals surface area contributed by atoms with Gasteiger partial charge in [-0.25, -0.2) is 0 Å². The Labute approximate surface area is 203 Å². The van der Waals surface area contributed by atoms with Crippen LogP contribution in [0.2, 0.25) is 0 Å². The average Bonchev–Trinajstić information content (AvgIpc) is 3.09. The number of hydrogen-bond donors (Lipinski definition) is 1. The second kappa shape index (κ2) is 9.14. The topological polar surface area (TPSA) is 46.5 Å². The van der Waals surface area contributed by atoms with E-state index in [1.807, 2.05) is 6.92 Å². The van der Waals surface area contributed by atoms with Crippen LogP contribution in [-0.4, -0.2) is 22.8 Å². The van der Waals surface area contributed by atoms with Gasteiger partial charge in [-0.1, -0.05) is 34.6 Å². The molecule has 1 N–H and O–H groups in total. The highest BCUT2D eigenvalue weighted by atomic mass is 16.5. The van der Waals surface area contributed by atoms with Crippen LogP contribution in [0.1, 0.15) is 119 Å². The fourth-order valence-corrected chi connectivity index (χ4v) is 9.55. The Morgan fingerprint density at radius 3 is 2.33 bits per heavy atom. The molecule has 4 saturated carbocycles. The van der Waals surface area contributed by atoms with E-state index in [0.717, 1.165) is 55.3 Å². The van der Waals surface area contributed by atoms with Gasteiger partial charge in [-0.2, -0.15) is 0 Å². The molecule has 4 aliphatic rings. The highest BCUT2D eigenvalue weighted by molar-refractivity contribution is 5.66. The van der Waals surface area contributed by atoms with Crippen LogP contribution in [-0.2, 0) is 9.53 Å². The molecule has 4 aliphatic carbocycles. The third-order valence-corrected chi connectivity index (χ3v) is 12.1. The molecule has 10 atom stereocenters. The predicted molar refractivity (Wildman–Crippen MR) is 135 cm³/mol. The number of esters is 1. The summed E-state index contributed by atoms with van der Waals surface area (Å²) in [5, 5.41) is 10.8. The summed E-state index contributed by atoms with van der Waals surface area (Å²) < 4.78 is 5.65. The zero-order valence-corrected chi connectivity index (χ0v) is 22.7. The Morgan fingerprint density at radius 1 is 1.00 bits per heavy atom. The van der Waals surface area contributed by atoms with Crippen molar-refractivity contribution in [2.45, 2.75) is 131 Å². The van der Waals surface area contributed by atoms with Gasteiger partial charge in [0.15, 0.2) is 0 Å². The molecule has 0 unspecified atom stereocenters. The summed E-state index contributed by atoms with van der Waals surface area (Å²) in [6, 6.07) is 0. The lowest BCUT2D eigenvalue weighted by Crippen LogP contribution is -2.54. The van der Waals surface area contributed by atoms with E-state index >= 15 is 0 Å². The molecule has 0 saturated heterocycles. The van der Waals surface area contributed by atoms with Crippen LogP contribution in [0.25, 0.3) is 0 Å². The number of aliphatic hydroxyl groups is 1. The molecule has 3 heteroatoms. The Hall–Kier alpha value is -0.570. The normalized spacial score (nSPS) is 45.5. The van der Waals surface area contributed by atoms with Gasteiger partial charge in [0.25, 0.3) is 0 Å². The Kier molecular flexibility index (Phi) is 7.07. The van der Waals surface area contributed by atoms with Crippen molar-refractivity contribution in [3.05, 3.63) is 0 Å². The molecule has 0 aromatic heterocycles. The average molecular weight is 461 g/mol. The van der Waals surface area contributed by atoms with Crippen LogP contribution in [0.4, 0.5) is 0 Å². The first-order valence-corrected chi connectivity index (χ1v) is 14.3. The van der Waals surface area contributed by atoms with E-state index in [2.05, 4.69) is 34.6 Å². The van der Waals surface area contributed by atoms with Crippen molar-refractivity contribution in [2.24, 2.45) is 52.3 Å². The molecule has 0 aromatic carbocycles. The number of carbonyl (C=O) groups excluding carboxylic acids is 1. The molecule has 4 fully saturated rings. The highest BCUT2D eigenvalue weighted by Crippen LogP contribution is 2.68. The lowest BCUT2D eigenvalue weighted by molar-refractivity contribution is -0.160. The van der Waals surface area contributed by atoms with Gasteiger partial charge in [0, 0.05) is 6.92 Å². The summed E-state index contributed by atoms with van der Waals surface area (Å²) in [4.78, 5) is 11.5. The van der Waals surface area contributed by atoms with Crippen molar-refractivity contribution >= 4 is 5.97 Å². The van der Waals surface area contributed by atoms with Crippen LogP contribution < -0.4 is 0 Å². The monoisotopic (exact) mass is 460 g/mol. The van der Waals surface area contributed by atoms with Gasteiger partial charge in [0.05, 0.1) is 5.60 Å². The largest absolute Gasteiger partial charge is 0.463 e. The molecule has 0 amide bonds. The maximum Gasteiger partial charge on any atom is 0.302 e. The third kappa shape index (κ3) is 4.54. The van der Waals surface area contributed by atoms with Gasteiger partial charge in [-0.05, 0) is 130 Å². The summed E-state index contributed by atoms with van der Waals surface area (Å²) in [5.74, 6) is 5.11. The molecule has 4 rings (SSSR count). The van der Waals surface area contributed by atoms with Gasteiger partial charge in [0.1, 0.15) is 6.10 Å². The smallest absolute Gasteiger partial charge is 0.302 e. The zero-order chi connectivity index (χ0) is 24.2. The fraction of sp³-hybridized carbons (Fsp3) is 0.967. The predicted octanol–water partition coefficient (Wildman–Crippen LogP) is 7.40. The summed E-state index contributed by atoms with van der Waals surface area (Å²) in [6.45, 7) is 15.6. The second-order valence-corrected chi connectivity index (χ2v) is 13.9. The van der Waals surface area contributed by atoms with Crippen LogP contribution in [0, 0.1) is 52.3 Å². The summed E-state index contributed by atoms with van der Waals surface area (Å²) in [5.41, 5.74) is 0.395. The van der Waals surface area contributed by atoms with Gasteiger partial charge in [-0.15, -0.1) is 0 Å². The van der Waals surface area contributed by atoms with Crippen LogP contribution in [0.3, 0.4) is 0 Å². The number of rotatable bonds is 6. The Bertz CT molecular complexity index is 713. The van der Waals surface area contributed by atoms with E-state index < -0.39 is 5.60 Å². The number of hydrogen-bond acceptors (Lipinski definition) is 3. The maximum atomic E-state index is 11.5. The molecule has 33 heavy (non-hydrogen) atoms. The van der Waals surface area contributed by atoms with E-state index in [1.165, 1.54) is 44.9 Å². The molecular weight excluding hydrogens is 408 g/mol. The van der Waals surface area contributed by atoms with E-state index in [-0.39, 0.29) is 12.1 Å². The molecule has 0 aromatic rings. The number of ether oxygens (including phenoxy) is 1. The zero-order valence-electron chi connectivity index (χ0n) is 22.7.